The first kappa shape index (κ1) is 15.0. The molecule has 21 heavy (non-hydrogen) atoms. The summed E-state index contributed by atoms with van der Waals surface area (Å²) in [6, 6.07) is 4.33. The highest BCUT2D eigenvalue weighted by atomic mass is 16.4. The van der Waals surface area contributed by atoms with Gasteiger partial charge in [-0.1, -0.05) is 20.8 Å². The van der Waals surface area contributed by atoms with Gasteiger partial charge in [0.1, 0.15) is 0 Å². The van der Waals surface area contributed by atoms with Gasteiger partial charge in [0.2, 0.25) is 0 Å². The molecule has 0 aliphatic rings. The molecule has 2 N–H and O–H groups in total. The number of carboxylic acids is 1. The van der Waals surface area contributed by atoms with E-state index in [2.05, 4.69) is 4.98 Å². The number of rotatable bonds is 4. The molecule has 1 atom stereocenters. The molecule has 2 aromatic rings. The lowest BCUT2D eigenvalue weighted by Crippen LogP contribution is -2.38. The summed E-state index contributed by atoms with van der Waals surface area (Å²) in [6.45, 7) is 6.44. The van der Waals surface area contributed by atoms with E-state index in [-0.39, 0.29) is 11.5 Å². The van der Waals surface area contributed by atoms with Crippen LogP contribution in [0, 0.1) is 11.8 Å². The van der Waals surface area contributed by atoms with E-state index < -0.39 is 17.1 Å². The van der Waals surface area contributed by atoms with Crippen LogP contribution in [-0.4, -0.2) is 20.6 Å². The van der Waals surface area contributed by atoms with Gasteiger partial charge in [0.05, 0.1) is 16.6 Å². The minimum atomic E-state index is -1.07. The molecule has 0 amide bonds. The Bertz CT molecular complexity index is 801. The Morgan fingerprint density at radius 3 is 2.52 bits per heavy atom. The zero-order chi connectivity index (χ0) is 15.7. The van der Waals surface area contributed by atoms with E-state index in [1.165, 1.54) is 22.8 Å². The molecule has 1 unspecified atom stereocenters. The molecule has 0 spiro atoms. The van der Waals surface area contributed by atoms with Crippen LogP contribution in [0.1, 0.15) is 31.1 Å². The number of fused-ring (bicyclic) bond motifs is 1. The highest BCUT2D eigenvalue weighted by Gasteiger charge is 2.15. The third-order valence-electron chi connectivity index (χ3n) is 3.83. The predicted molar refractivity (Wildman–Crippen MR) is 79.8 cm³/mol. The number of carbonyl (C=O) groups is 1. The van der Waals surface area contributed by atoms with Gasteiger partial charge in [-0.25, -0.2) is 4.79 Å². The topological polar surface area (TPSA) is 92.2 Å². The van der Waals surface area contributed by atoms with Crippen molar-refractivity contribution in [3.05, 3.63) is 44.5 Å². The van der Waals surface area contributed by atoms with Crippen LogP contribution in [0.25, 0.3) is 11.0 Å². The minimum absolute atomic E-state index is 0.0832. The molecule has 6 heteroatoms. The lowest BCUT2D eigenvalue weighted by Gasteiger charge is -2.18. The number of nitrogens with one attached hydrogen (secondary N) is 1. The number of H-pyrrole nitrogens is 1. The van der Waals surface area contributed by atoms with E-state index in [4.69, 9.17) is 5.11 Å². The van der Waals surface area contributed by atoms with Crippen molar-refractivity contribution in [3.63, 3.8) is 0 Å². The lowest BCUT2D eigenvalue weighted by molar-refractivity contribution is 0.0697. The van der Waals surface area contributed by atoms with Gasteiger partial charge >= 0.3 is 17.1 Å². The summed E-state index contributed by atoms with van der Waals surface area (Å²) in [5, 5.41) is 9.07. The van der Waals surface area contributed by atoms with Gasteiger partial charge in [-0.05, 0) is 30.0 Å². The number of aromatic carboxylic acids is 1. The highest BCUT2D eigenvalue weighted by molar-refractivity contribution is 5.92. The summed E-state index contributed by atoms with van der Waals surface area (Å²) < 4.78 is 1.37. The fourth-order valence-corrected chi connectivity index (χ4v) is 2.08. The quantitative estimate of drug-likeness (QED) is 0.838. The maximum absolute atomic E-state index is 12.1. The van der Waals surface area contributed by atoms with E-state index in [1.54, 1.807) is 0 Å². The summed E-state index contributed by atoms with van der Waals surface area (Å²) >= 11 is 0. The zero-order valence-electron chi connectivity index (χ0n) is 12.2. The number of nitrogens with zero attached hydrogens (tertiary/aromatic N) is 1. The Kier molecular flexibility index (Phi) is 3.97. The largest absolute Gasteiger partial charge is 0.478 e. The van der Waals surface area contributed by atoms with Crippen LogP contribution in [-0.2, 0) is 6.54 Å². The molecule has 1 aromatic carbocycles. The summed E-state index contributed by atoms with van der Waals surface area (Å²) in [6.07, 6.45) is 0. The van der Waals surface area contributed by atoms with Crippen LogP contribution >= 0.6 is 0 Å². The molecule has 0 fully saturated rings. The van der Waals surface area contributed by atoms with Gasteiger partial charge in [0.15, 0.2) is 0 Å². The molecule has 0 radical (unpaired) electrons. The monoisotopic (exact) mass is 290 g/mol. The van der Waals surface area contributed by atoms with Crippen LogP contribution in [0.15, 0.2) is 27.8 Å². The van der Waals surface area contributed by atoms with Crippen molar-refractivity contribution >= 4 is 17.0 Å². The third-order valence-corrected chi connectivity index (χ3v) is 3.83. The number of carboxylic acid groups (broad SMARTS) is 1. The van der Waals surface area contributed by atoms with Crippen LogP contribution in [0.2, 0.25) is 0 Å². The molecule has 0 saturated carbocycles. The van der Waals surface area contributed by atoms with Crippen LogP contribution < -0.4 is 11.1 Å². The molecule has 0 aliphatic heterocycles. The van der Waals surface area contributed by atoms with Crippen molar-refractivity contribution in [2.45, 2.75) is 27.3 Å². The number of hydrogen-bond donors (Lipinski definition) is 2. The average Bonchev–Trinajstić information content (AvgIpc) is 2.42. The second kappa shape index (κ2) is 5.55. The van der Waals surface area contributed by atoms with E-state index in [0.717, 1.165) is 0 Å². The summed E-state index contributed by atoms with van der Waals surface area (Å²) in [5.41, 5.74) is -0.369. The van der Waals surface area contributed by atoms with Crippen molar-refractivity contribution in [2.24, 2.45) is 11.8 Å². The van der Waals surface area contributed by atoms with Gasteiger partial charge in [0, 0.05) is 6.54 Å². The van der Waals surface area contributed by atoms with E-state index >= 15 is 0 Å². The normalized spacial score (nSPS) is 12.8. The van der Waals surface area contributed by atoms with Crippen LogP contribution in [0.4, 0.5) is 0 Å². The molecule has 0 bridgehead atoms. The van der Waals surface area contributed by atoms with Crippen molar-refractivity contribution in [2.75, 3.05) is 0 Å². The van der Waals surface area contributed by atoms with Crippen molar-refractivity contribution < 1.29 is 9.90 Å². The molecule has 1 aromatic heterocycles. The standard InChI is InChI=1S/C15H18N2O4/c1-8(2)9(3)7-17-12-6-10(15(20)21)4-5-11(12)16-13(18)14(17)19/h4-6,8-9H,7H2,1-3H3,(H,16,18)(H,20,21). The summed E-state index contributed by atoms with van der Waals surface area (Å²) in [7, 11) is 0. The molecule has 2 rings (SSSR count). The summed E-state index contributed by atoms with van der Waals surface area (Å²) in [4.78, 5) is 37.4. The smallest absolute Gasteiger partial charge is 0.335 e. The van der Waals surface area contributed by atoms with Crippen molar-refractivity contribution in [1.82, 2.24) is 9.55 Å². The molecule has 0 aliphatic carbocycles. The predicted octanol–water partition coefficient (Wildman–Crippen LogP) is 1.68. The molecule has 6 nitrogen and oxygen atoms in total. The fraction of sp³-hybridized carbons (Fsp3) is 0.400. The SMILES string of the molecule is CC(C)C(C)Cn1c(=O)c(=O)[nH]c2ccc(C(=O)O)cc21. The van der Waals surface area contributed by atoms with Crippen molar-refractivity contribution in [1.29, 1.82) is 0 Å². The van der Waals surface area contributed by atoms with E-state index in [0.29, 0.717) is 23.5 Å². The minimum Gasteiger partial charge on any atom is -0.478 e. The van der Waals surface area contributed by atoms with Crippen LogP contribution in [0.3, 0.4) is 0 Å². The highest BCUT2D eigenvalue weighted by Crippen LogP contribution is 2.16. The first-order valence-electron chi connectivity index (χ1n) is 6.81. The molecule has 0 saturated heterocycles. The van der Waals surface area contributed by atoms with Gasteiger partial charge in [0.25, 0.3) is 0 Å². The van der Waals surface area contributed by atoms with Gasteiger partial charge in [-0.2, -0.15) is 0 Å². The van der Waals surface area contributed by atoms with Crippen LogP contribution in [0.5, 0.6) is 0 Å². The summed E-state index contributed by atoms with van der Waals surface area (Å²) in [5.74, 6) is -0.547. The zero-order valence-corrected chi connectivity index (χ0v) is 12.2. The average molecular weight is 290 g/mol. The van der Waals surface area contributed by atoms with Gasteiger partial charge in [-0.3, -0.25) is 9.59 Å². The Hall–Kier alpha value is -2.37. The number of benzene rings is 1. The fourth-order valence-electron chi connectivity index (χ4n) is 2.08. The number of hydrogen-bond acceptors (Lipinski definition) is 3. The Morgan fingerprint density at radius 1 is 1.29 bits per heavy atom. The van der Waals surface area contributed by atoms with Gasteiger partial charge < -0.3 is 14.7 Å². The molecule has 112 valence electrons. The second-order valence-corrected chi connectivity index (χ2v) is 5.63. The maximum atomic E-state index is 12.1. The Balaban J connectivity index is 2.72. The first-order chi connectivity index (χ1) is 9.81. The number of aromatic nitrogens is 2. The Labute approximate surface area is 121 Å². The number of aromatic amines is 1. The molecular weight excluding hydrogens is 272 g/mol. The van der Waals surface area contributed by atoms with E-state index in [1.807, 2.05) is 20.8 Å². The Morgan fingerprint density at radius 2 is 1.95 bits per heavy atom. The third kappa shape index (κ3) is 2.89. The maximum Gasteiger partial charge on any atom is 0.335 e. The lowest BCUT2D eigenvalue weighted by atomic mass is 9.98. The second-order valence-electron chi connectivity index (χ2n) is 5.63. The van der Waals surface area contributed by atoms with Gasteiger partial charge in [-0.15, -0.1) is 0 Å². The van der Waals surface area contributed by atoms with Crippen molar-refractivity contribution in [3.8, 4) is 0 Å². The first-order valence-corrected chi connectivity index (χ1v) is 6.81. The van der Waals surface area contributed by atoms with E-state index in [9.17, 15) is 14.4 Å². The molecular formula is C15H18N2O4. The molecule has 1 heterocycles.